The van der Waals surface area contributed by atoms with E-state index < -0.39 is 0 Å². The number of aliphatic imine (C=N–C) groups is 1. The lowest BCUT2D eigenvalue weighted by atomic mass is 9.93. The number of nitrogens with two attached hydrogens (primary N) is 2. The van der Waals surface area contributed by atoms with Crippen molar-refractivity contribution < 1.29 is 4.79 Å². The molecule has 238 valence electrons. The van der Waals surface area contributed by atoms with E-state index in [-0.39, 0.29) is 24.0 Å². The maximum Gasteiger partial charge on any atom is 0.227 e. The number of piperazine rings is 1. The Bertz CT molecular complexity index is 1410. The molecule has 1 fully saturated rings. The van der Waals surface area contributed by atoms with Gasteiger partial charge in [-0.25, -0.2) is 0 Å². The van der Waals surface area contributed by atoms with Gasteiger partial charge in [-0.15, -0.1) is 0 Å². The summed E-state index contributed by atoms with van der Waals surface area (Å²) in [6.07, 6.45) is 4.95. The van der Waals surface area contributed by atoms with E-state index in [1.807, 2.05) is 24.3 Å². The van der Waals surface area contributed by atoms with E-state index in [0.717, 1.165) is 61.8 Å². The molecule has 1 aliphatic heterocycles. The fourth-order valence-corrected chi connectivity index (χ4v) is 6.81. The number of rotatable bonds is 13. The number of guanidine groups is 1. The summed E-state index contributed by atoms with van der Waals surface area (Å²) in [4.78, 5) is 22.6. The van der Waals surface area contributed by atoms with Crippen LogP contribution in [0.3, 0.4) is 0 Å². The average molecular weight is 640 g/mol. The van der Waals surface area contributed by atoms with Gasteiger partial charge in [-0.1, -0.05) is 92.0 Å². The first-order valence-electron chi connectivity index (χ1n) is 15.8. The highest BCUT2D eigenvalue weighted by atomic mass is 35.5. The van der Waals surface area contributed by atoms with Crippen molar-refractivity contribution in [2.75, 3.05) is 33.2 Å². The third-order valence-corrected chi connectivity index (χ3v) is 9.11. The molecular weight excluding hydrogens is 591 g/mol. The Morgan fingerprint density at radius 1 is 1.02 bits per heavy atom. The van der Waals surface area contributed by atoms with Crippen LogP contribution in [-0.2, 0) is 17.6 Å². The van der Waals surface area contributed by atoms with Gasteiger partial charge in [0.15, 0.2) is 5.96 Å². The number of fused-ring (bicyclic) bond motifs is 1. The lowest BCUT2D eigenvalue weighted by Gasteiger charge is -2.48. The van der Waals surface area contributed by atoms with E-state index in [1.54, 1.807) is 13.1 Å². The van der Waals surface area contributed by atoms with Crippen LogP contribution in [0.1, 0.15) is 50.7 Å². The highest BCUT2D eigenvalue weighted by Gasteiger charge is 2.36. The van der Waals surface area contributed by atoms with Crippen LogP contribution in [0.4, 0.5) is 0 Å². The second-order valence-electron chi connectivity index (χ2n) is 12.5. The number of hydrogen-bond donors (Lipinski definition) is 3. The molecule has 3 unspecified atom stereocenters. The van der Waals surface area contributed by atoms with Crippen molar-refractivity contribution in [3.63, 3.8) is 0 Å². The van der Waals surface area contributed by atoms with Crippen LogP contribution in [0.15, 0.2) is 65.7 Å². The van der Waals surface area contributed by atoms with Gasteiger partial charge in [-0.2, -0.15) is 0 Å². The molecule has 0 radical (unpaired) electrons. The van der Waals surface area contributed by atoms with Crippen molar-refractivity contribution in [2.45, 2.75) is 70.5 Å². The Morgan fingerprint density at radius 3 is 2.52 bits per heavy atom. The minimum absolute atomic E-state index is 0.0991. The summed E-state index contributed by atoms with van der Waals surface area (Å²) in [5, 5.41) is 6.77. The summed E-state index contributed by atoms with van der Waals surface area (Å²) in [6, 6.07) is 20.5. The number of nitrogens with one attached hydrogen (secondary N) is 1. The number of benzene rings is 3. The standard InChI is InChI=1S/C35H48Cl2N6O/c1-24(2)16-32-22-42(21-30(38)19-28-13-14-29(36)20-33(28)37)31(10-6-7-15-41-35(39)40-3)23-43(32)34(44)18-25-11-12-26-8-4-5-9-27(26)17-25/h4-5,8-9,11-14,17,20,24,30-32H,6-7,10,15-16,18-19,21-23,38H2,1-3H3,(H3,39,40,41). The van der Waals surface area contributed by atoms with Crippen LogP contribution in [0.5, 0.6) is 0 Å². The first-order valence-corrected chi connectivity index (χ1v) is 16.5. The van der Waals surface area contributed by atoms with Gasteiger partial charge in [0.2, 0.25) is 5.91 Å². The van der Waals surface area contributed by atoms with Crippen LogP contribution >= 0.6 is 23.2 Å². The molecule has 44 heavy (non-hydrogen) atoms. The maximum atomic E-state index is 14.0. The first kappa shape index (κ1) is 34.0. The number of nitrogens with zero attached hydrogens (tertiary/aromatic N) is 3. The predicted molar refractivity (Wildman–Crippen MR) is 186 cm³/mol. The molecule has 0 spiro atoms. The van der Waals surface area contributed by atoms with Crippen LogP contribution in [-0.4, -0.2) is 73.0 Å². The van der Waals surface area contributed by atoms with Crippen LogP contribution in [0.2, 0.25) is 10.0 Å². The van der Waals surface area contributed by atoms with Crippen molar-refractivity contribution in [3.8, 4) is 0 Å². The highest BCUT2D eigenvalue weighted by Crippen LogP contribution is 2.27. The van der Waals surface area contributed by atoms with Gasteiger partial charge in [0, 0.05) is 61.4 Å². The van der Waals surface area contributed by atoms with Crippen molar-refractivity contribution in [3.05, 3.63) is 81.8 Å². The molecule has 0 bridgehead atoms. The minimum atomic E-state index is -0.0991. The van der Waals surface area contributed by atoms with E-state index >= 15 is 0 Å². The Balaban J connectivity index is 1.50. The number of carbonyl (C=O) groups is 1. The van der Waals surface area contributed by atoms with Crippen molar-refractivity contribution in [2.24, 2.45) is 22.4 Å². The molecule has 0 saturated carbocycles. The minimum Gasteiger partial charge on any atom is -0.370 e. The quantitative estimate of drug-likeness (QED) is 0.123. The number of unbranched alkanes of at least 4 members (excludes halogenated alkanes) is 1. The van der Waals surface area contributed by atoms with Gasteiger partial charge in [-0.3, -0.25) is 14.7 Å². The smallest absolute Gasteiger partial charge is 0.227 e. The normalized spacial score (nSPS) is 18.6. The van der Waals surface area contributed by atoms with E-state index in [2.05, 4.69) is 64.3 Å². The molecule has 0 aliphatic carbocycles. The molecule has 9 heteroatoms. The van der Waals surface area contributed by atoms with Gasteiger partial charge < -0.3 is 21.7 Å². The summed E-state index contributed by atoms with van der Waals surface area (Å²) in [5.74, 6) is 1.12. The SMILES string of the molecule is CN=C(N)NCCCCC1CN(C(=O)Cc2ccc3ccccc3c2)C(CC(C)C)CN1CC(N)Cc1ccc(Cl)cc1Cl. The zero-order chi connectivity index (χ0) is 31.6. The van der Waals surface area contributed by atoms with Crippen molar-refractivity contribution in [1.82, 2.24) is 15.1 Å². The average Bonchev–Trinajstić information content (AvgIpc) is 2.98. The van der Waals surface area contributed by atoms with E-state index in [1.165, 1.54) is 5.39 Å². The maximum absolute atomic E-state index is 14.0. The zero-order valence-corrected chi connectivity index (χ0v) is 27.8. The van der Waals surface area contributed by atoms with Crippen LogP contribution < -0.4 is 16.8 Å². The molecule has 3 aromatic carbocycles. The molecule has 1 saturated heterocycles. The molecular formula is C35H48Cl2N6O. The van der Waals surface area contributed by atoms with Gasteiger partial charge in [0.1, 0.15) is 0 Å². The summed E-state index contributed by atoms with van der Waals surface area (Å²) < 4.78 is 0. The molecule has 0 aromatic heterocycles. The second kappa shape index (κ2) is 16.5. The van der Waals surface area contributed by atoms with Gasteiger partial charge >= 0.3 is 0 Å². The Labute approximate surface area is 273 Å². The molecule has 4 rings (SSSR count). The topological polar surface area (TPSA) is 100.0 Å². The van der Waals surface area contributed by atoms with Gasteiger partial charge in [0.25, 0.3) is 0 Å². The molecule has 5 N–H and O–H groups in total. The van der Waals surface area contributed by atoms with E-state index in [4.69, 9.17) is 34.7 Å². The van der Waals surface area contributed by atoms with Crippen molar-refractivity contribution in [1.29, 1.82) is 0 Å². The molecule has 1 amide bonds. The third-order valence-electron chi connectivity index (χ3n) is 8.52. The number of carbonyl (C=O) groups excluding carboxylic acids is 1. The molecule has 3 atom stereocenters. The van der Waals surface area contributed by atoms with E-state index in [9.17, 15) is 4.79 Å². The summed E-state index contributed by atoms with van der Waals surface area (Å²) >= 11 is 12.6. The van der Waals surface area contributed by atoms with E-state index in [0.29, 0.717) is 41.3 Å². The Kier molecular flexibility index (Phi) is 12.7. The molecule has 1 heterocycles. The predicted octanol–water partition coefficient (Wildman–Crippen LogP) is 5.89. The lowest BCUT2D eigenvalue weighted by Crippen LogP contribution is -2.62. The molecule has 1 aliphatic rings. The first-order chi connectivity index (χ1) is 21.1. The summed E-state index contributed by atoms with van der Waals surface area (Å²) in [5.41, 5.74) is 14.6. The Morgan fingerprint density at radius 2 is 1.80 bits per heavy atom. The zero-order valence-electron chi connectivity index (χ0n) is 26.3. The highest BCUT2D eigenvalue weighted by molar-refractivity contribution is 6.35. The number of halogens is 2. The largest absolute Gasteiger partial charge is 0.370 e. The molecule has 3 aromatic rings. The fourth-order valence-electron chi connectivity index (χ4n) is 6.32. The number of amides is 1. The second-order valence-corrected chi connectivity index (χ2v) is 13.4. The lowest BCUT2D eigenvalue weighted by molar-refractivity contribution is -0.138. The van der Waals surface area contributed by atoms with Crippen LogP contribution in [0.25, 0.3) is 10.8 Å². The molecule has 7 nitrogen and oxygen atoms in total. The monoisotopic (exact) mass is 638 g/mol. The fraction of sp³-hybridized carbons (Fsp3) is 0.486. The van der Waals surface area contributed by atoms with Gasteiger partial charge in [-0.05, 0) is 65.6 Å². The Hall–Kier alpha value is -2.84. The summed E-state index contributed by atoms with van der Waals surface area (Å²) in [6.45, 7) is 7.47. The van der Waals surface area contributed by atoms with Crippen LogP contribution in [0, 0.1) is 5.92 Å². The van der Waals surface area contributed by atoms with Gasteiger partial charge in [0.05, 0.1) is 6.42 Å². The third kappa shape index (κ3) is 9.83. The number of hydrogen-bond acceptors (Lipinski definition) is 4. The summed E-state index contributed by atoms with van der Waals surface area (Å²) in [7, 11) is 1.68. The van der Waals surface area contributed by atoms with Crippen molar-refractivity contribution >= 4 is 45.8 Å².